The molecule has 0 aliphatic rings. The number of nitrogens with one attached hydrogen (secondary N) is 2. The van der Waals surface area contributed by atoms with E-state index in [0.717, 1.165) is 52.8 Å². The fourth-order valence-corrected chi connectivity index (χ4v) is 4.89. The number of ether oxygens (including phenoxy) is 1. The fraction of sp³-hybridized carbons (Fsp3) is 0.342. The van der Waals surface area contributed by atoms with E-state index < -0.39 is 29.9 Å². The van der Waals surface area contributed by atoms with E-state index in [0.29, 0.717) is 18.0 Å². The highest BCUT2D eigenvalue weighted by Crippen LogP contribution is 2.24. The Balaban J connectivity index is 1.44. The van der Waals surface area contributed by atoms with Crippen molar-refractivity contribution in [3.8, 4) is 28.3 Å². The minimum atomic E-state index is -1.17. The second-order valence-corrected chi connectivity index (χ2v) is 12.7. The smallest absolute Gasteiger partial charge is 0.325 e. The molecule has 1 heterocycles. The first kappa shape index (κ1) is 34.8. The molecule has 9 heteroatoms. The van der Waals surface area contributed by atoms with E-state index in [1.807, 2.05) is 60.7 Å². The van der Waals surface area contributed by atoms with Gasteiger partial charge >= 0.3 is 5.97 Å². The molecule has 3 aromatic carbocycles. The zero-order valence-electron chi connectivity index (χ0n) is 27.7. The molecule has 9 nitrogen and oxygen atoms in total. The molecule has 0 radical (unpaired) electrons. The minimum Gasteiger partial charge on any atom is -0.494 e. The van der Waals surface area contributed by atoms with Crippen LogP contribution in [0.15, 0.2) is 85.2 Å². The highest BCUT2D eigenvalue weighted by Gasteiger charge is 2.25. The van der Waals surface area contributed by atoms with Crippen molar-refractivity contribution in [2.45, 2.75) is 77.8 Å². The minimum absolute atomic E-state index is 0.0706. The van der Waals surface area contributed by atoms with E-state index in [-0.39, 0.29) is 11.8 Å². The summed E-state index contributed by atoms with van der Waals surface area (Å²) in [5.74, 6) is -0.785. The van der Waals surface area contributed by atoms with Crippen molar-refractivity contribution in [3.05, 3.63) is 102 Å². The van der Waals surface area contributed by atoms with Crippen molar-refractivity contribution in [3.63, 3.8) is 0 Å². The third-order valence-corrected chi connectivity index (χ3v) is 7.87. The van der Waals surface area contributed by atoms with Gasteiger partial charge in [-0.1, -0.05) is 89.1 Å². The number of benzene rings is 3. The molecule has 0 spiro atoms. The van der Waals surface area contributed by atoms with E-state index >= 15 is 0 Å². The molecule has 4 rings (SSSR count). The molecule has 0 fully saturated rings. The average molecular weight is 637 g/mol. The van der Waals surface area contributed by atoms with Gasteiger partial charge in [0.2, 0.25) is 5.91 Å². The van der Waals surface area contributed by atoms with Crippen LogP contribution in [0.2, 0.25) is 0 Å². The van der Waals surface area contributed by atoms with E-state index in [1.165, 1.54) is 6.92 Å². The van der Waals surface area contributed by atoms with Crippen molar-refractivity contribution < 1.29 is 24.2 Å². The number of amides is 2. The van der Waals surface area contributed by atoms with Crippen LogP contribution in [0.1, 0.15) is 75.4 Å². The maximum atomic E-state index is 13.1. The van der Waals surface area contributed by atoms with Gasteiger partial charge in [0.15, 0.2) is 5.82 Å². The average Bonchev–Trinajstić information content (AvgIpc) is 3.06. The molecule has 0 saturated heterocycles. The highest BCUT2D eigenvalue weighted by molar-refractivity contribution is 5.98. The Bertz CT molecular complexity index is 1630. The topological polar surface area (TPSA) is 131 Å². The van der Waals surface area contributed by atoms with Gasteiger partial charge in [-0.15, -0.1) is 0 Å². The van der Waals surface area contributed by atoms with E-state index in [4.69, 9.17) is 4.74 Å². The highest BCUT2D eigenvalue weighted by atomic mass is 16.5. The first-order valence-electron chi connectivity index (χ1n) is 16.0. The molecular formula is C38H44N4O5. The van der Waals surface area contributed by atoms with E-state index in [1.54, 1.807) is 24.5 Å². The molecule has 47 heavy (non-hydrogen) atoms. The summed E-state index contributed by atoms with van der Waals surface area (Å²) in [5, 5.41) is 14.6. The van der Waals surface area contributed by atoms with Gasteiger partial charge in [-0.2, -0.15) is 0 Å². The molecule has 0 aliphatic carbocycles. The number of hydrogen-bond acceptors (Lipinski definition) is 6. The predicted molar refractivity (Wildman–Crippen MR) is 183 cm³/mol. The fourth-order valence-electron chi connectivity index (χ4n) is 4.89. The van der Waals surface area contributed by atoms with Gasteiger partial charge in [-0.25, -0.2) is 9.97 Å². The largest absolute Gasteiger partial charge is 0.494 e. The van der Waals surface area contributed by atoms with Crippen LogP contribution in [0, 0.1) is 0 Å². The lowest BCUT2D eigenvalue weighted by Crippen LogP contribution is -2.51. The van der Waals surface area contributed by atoms with Gasteiger partial charge in [0, 0.05) is 35.5 Å². The van der Waals surface area contributed by atoms with Gasteiger partial charge in [0.1, 0.15) is 17.8 Å². The van der Waals surface area contributed by atoms with Crippen LogP contribution < -0.4 is 15.4 Å². The molecule has 3 N–H and O–H groups in total. The van der Waals surface area contributed by atoms with Gasteiger partial charge in [0.25, 0.3) is 5.91 Å². The van der Waals surface area contributed by atoms with Crippen LogP contribution in [0.3, 0.4) is 0 Å². The number of carboxylic acids is 1. The molecular weight excluding hydrogens is 592 g/mol. The van der Waals surface area contributed by atoms with Crippen molar-refractivity contribution in [2.24, 2.45) is 0 Å². The SMILES string of the molecule is CCCCCOc1ccc(-c2cnc(-c3ccc(C[C@H](NC(=O)c4ccc(C(C)(C)C)cc4)C(=O)N[C@H](C)C(=O)O)cc3)nc2)cc1. The van der Waals surface area contributed by atoms with Gasteiger partial charge < -0.3 is 20.5 Å². The van der Waals surface area contributed by atoms with Crippen LogP contribution in [-0.4, -0.2) is 51.5 Å². The van der Waals surface area contributed by atoms with Gasteiger partial charge in [0.05, 0.1) is 6.61 Å². The first-order chi connectivity index (χ1) is 22.4. The Morgan fingerprint density at radius 1 is 0.809 bits per heavy atom. The molecule has 1 aromatic heterocycles. The Morgan fingerprint density at radius 3 is 2.00 bits per heavy atom. The zero-order chi connectivity index (χ0) is 34.0. The number of unbranched alkanes of at least 4 members (excludes halogenated alkanes) is 2. The Labute approximate surface area is 276 Å². The number of carboxylic acid groups (broad SMARTS) is 1. The second-order valence-electron chi connectivity index (χ2n) is 12.7. The third kappa shape index (κ3) is 9.97. The number of aromatic nitrogens is 2. The summed E-state index contributed by atoms with van der Waals surface area (Å²) in [5.41, 5.74) is 4.85. The Hall–Kier alpha value is -5.05. The summed E-state index contributed by atoms with van der Waals surface area (Å²) in [6.07, 6.45) is 7.07. The van der Waals surface area contributed by atoms with E-state index in [9.17, 15) is 19.5 Å². The normalized spacial score (nSPS) is 12.5. The third-order valence-electron chi connectivity index (χ3n) is 7.87. The number of hydrogen-bond donors (Lipinski definition) is 3. The lowest BCUT2D eigenvalue weighted by atomic mass is 9.86. The van der Waals surface area contributed by atoms with Crippen molar-refractivity contribution in [1.82, 2.24) is 20.6 Å². The Kier molecular flexibility index (Phi) is 11.8. The number of carbonyl (C=O) groups is 3. The quantitative estimate of drug-likeness (QED) is 0.133. The molecule has 0 aliphatic heterocycles. The van der Waals surface area contributed by atoms with Crippen LogP contribution in [0.4, 0.5) is 0 Å². The van der Waals surface area contributed by atoms with Gasteiger partial charge in [-0.05, 0) is 59.7 Å². The van der Waals surface area contributed by atoms with Crippen LogP contribution in [0.25, 0.3) is 22.5 Å². The molecule has 2 atom stereocenters. The van der Waals surface area contributed by atoms with Gasteiger partial charge in [-0.3, -0.25) is 14.4 Å². The summed E-state index contributed by atoms with van der Waals surface area (Å²) in [7, 11) is 0. The van der Waals surface area contributed by atoms with Crippen molar-refractivity contribution in [2.75, 3.05) is 6.61 Å². The Morgan fingerprint density at radius 2 is 1.43 bits per heavy atom. The van der Waals surface area contributed by atoms with Crippen molar-refractivity contribution >= 4 is 17.8 Å². The molecule has 0 unspecified atom stereocenters. The number of carbonyl (C=O) groups excluding carboxylic acids is 2. The van der Waals surface area contributed by atoms with E-state index in [2.05, 4.69) is 48.3 Å². The summed E-state index contributed by atoms with van der Waals surface area (Å²) in [6, 6.07) is 20.4. The summed E-state index contributed by atoms with van der Waals surface area (Å²) in [6.45, 7) is 10.5. The number of nitrogens with zero attached hydrogens (tertiary/aromatic N) is 2. The monoisotopic (exact) mass is 636 g/mol. The molecule has 0 saturated carbocycles. The lowest BCUT2D eigenvalue weighted by Gasteiger charge is -2.21. The van der Waals surface area contributed by atoms with Crippen LogP contribution in [-0.2, 0) is 21.4 Å². The predicted octanol–water partition coefficient (Wildman–Crippen LogP) is 6.61. The standard InChI is InChI=1S/C38H44N4O5/c1-6-7-8-21-47-32-19-15-27(16-20-32)30-23-39-34(40-24-30)28-11-9-26(10-12-28)22-33(36(44)41-25(2)37(45)46)42-35(43)29-13-17-31(18-14-29)38(3,4)5/h9-20,23-25,33H,6-8,21-22H2,1-5H3,(H,41,44)(H,42,43)(H,45,46)/t25-,33+/m1/s1. The maximum Gasteiger partial charge on any atom is 0.325 e. The summed E-state index contributed by atoms with van der Waals surface area (Å²) < 4.78 is 5.80. The maximum absolute atomic E-state index is 13.1. The van der Waals surface area contributed by atoms with Crippen LogP contribution >= 0.6 is 0 Å². The zero-order valence-corrected chi connectivity index (χ0v) is 27.7. The lowest BCUT2D eigenvalue weighted by molar-refractivity contribution is -0.141. The molecule has 0 bridgehead atoms. The molecule has 4 aromatic rings. The van der Waals surface area contributed by atoms with Crippen molar-refractivity contribution in [1.29, 1.82) is 0 Å². The first-order valence-corrected chi connectivity index (χ1v) is 16.0. The second kappa shape index (κ2) is 16.0. The summed E-state index contributed by atoms with van der Waals surface area (Å²) in [4.78, 5) is 46.8. The molecule has 2 amide bonds. The molecule has 246 valence electrons. The summed E-state index contributed by atoms with van der Waals surface area (Å²) >= 11 is 0. The number of aliphatic carboxylic acids is 1. The van der Waals surface area contributed by atoms with Crippen LogP contribution in [0.5, 0.6) is 5.75 Å². The number of rotatable bonds is 14.